The van der Waals surface area contributed by atoms with E-state index in [-0.39, 0.29) is 11.9 Å². The van der Waals surface area contributed by atoms with E-state index in [0.29, 0.717) is 12.5 Å². The highest BCUT2D eigenvalue weighted by Crippen LogP contribution is 2.41. The average molecular weight is 272 g/mol. The number of hydrogen-bond acceptors (Lipinski definition) is 3. The zero-order chi connectivity index (χ0) is 14.1. The van der Waals surface area contributed by atoms with Crippen molar-refractivity contribution in [1.82, 2.24) is 0 Å². The summed E-state index contributed by atoms with van der Waals surface area (Å²) in [5, 5.41) is 8.74. The van der Waals surface area contributed by atoms with E-state index in [1.807, 2.05) is 0 Å². The summed E-state index contributed by atoms with van der Waals surface area (Å²) >= 11 is 0. The summed E-state index contributed by atoms with van der Waals surface area (Å²) < 4.78 is 11.7. The second-order valence-corrected chi connectivity index (χ2v) is 5.92. The number of epoxide rings is 1. The Bertz CT molecular complexity index is 232. The van der Waals surface area contributed by atoms with Crippen molar-refractivity contribution in [3.8, 4) is 0 Å². The summed E-state index contributed by atoms with van der Waals surface area (Å²) in [6, 6.07) is 0. The number of rotatable bonds is 12. The van der Waals surface area contributed by atoms with Gasteiger partial charge >= 0.3 is 0 Å². The standard InChI is InChI=1S/C16H32O3/c1-4-6-10-14(5-2)13-18-16(3)15(19-16)11-8-7-9-12-17/h14-15,17H,4-13H2,1-3H3/t14?,15-,16?/m1/s1. The molecule has 1 rings (SSSR count). The molecule has 1 saturated heterocycles. The molecule has 1 aliphatic rings. The highest BCUT2D eigenvalue weighted by molar-refractivity contribution is 4.90. The lowest BCUT2D eigenvalue weighted by molar-refractivity contribution is -0.0475. The first-order chi connectivity index (χ1) is 9.16. The van der Waals surface area contributed by atoms with E-state index < -0.39 is 0 Å². The SMILES string of the molecule is CCCCC(CC)COC1(C)O[C@@H]1CCCCCO. The summed E-state index contributed by atoms with van der Waals surface area (Å²) in [5.74, 6) is 0.356. The van der Waals surface area contributed by atoms with Crippen molar-refractivity contribution < 1.29 is 14.6 Å². The Balaban J connectivity index is 2.11. The highest BCUT2D eigenvalue weighted by atomic mass is 16.8. The topological polar surface area (TPSA) is 42.0 Å². The van der Waals surface area contributed by atoms with Gasteiger partial charge in [-0.15, -0.1) is 0 Å². The molecule has 1 N–H and O–H groups in total. The van der Waals surface area contributed by atoms with E-state index in [1.165, 1.54) is 25.7 Å². The van der Waals surface area contributed by atoms with E-state index in [1.54, 1.807) is 0 Å². The number of hydrogen-bond donors (Lipinski definition) is 1. The molecule has 2 unspecified atom stereocenters. The Labute approximate surface area is 118 Å². The molecule has 1 aliphatic heterocycles. The fraction of sp³-hybridized carbons (Fsp3) is 1.00. The Hall–Kier alpha value is -0.120. The van der Waals surface area contributed by atoms with E-state index in [2.05, 4.69) is 20.8 Å². The molecule has 0 aliphatic carbocycles. The number of aliphatic hydroxyl groups is 1. The Kier molecular flexibility index (Phi) is 7.96. The Morgan fingerprint density at radius 1 is 1.21 bits per heavy atom. The van der Waals surface area contributed by atoms with Crippen molar-refractivity contribution in [2.75, 3.05) is 13.2 Å². The van der Waals surface area contributed by atoms with Crippen LogP contribution in [-0.2, 0) is 9.47 Å². The first kappa shape index (κ1) is 16.9. The smallest absolute Gasteiger partial charge is 0.192 e. The maximum absolute atomic E-state index is 8.74. The predicted octanol–water partition coefficient (Wildman–Crippen LogP) is 3.89. The van der Waals surface area contributed by atoms with Crippen molar-refractivity contribution in [3.05, 3.63) is 0 Å². The third-order valence-electron chi connectivity index (χ3n) is 4.18. The molecule has 0 aromatic rings. The first-order valence-corrected chi connectivity index (χ1v) is 8.08. The van der Waals surface area contributed by atoms with Crippen LogP contribution in [0.1, 0.15) is 72.1 Å². The molecule has 3 heteroatoms. The van der Waals surface area contributed by atoms with E-state index >= 15 is 0 Å². The number of ether oxygens (including phenoxy) is 2. The molecule has 0 bridgehead atoms. The van der Waals surface area contributed by atoms with Crippen LogP contribution in [0.15, 0.2) is 0 Å². The van der Waals surface area contributed by atoms with Crippen LogP contribution in [-0.4, -0.2) is 30.2 Å². The number of unbranched alkanes of at least 4 members (excludes halogenated alkanes) is 3. The van der Waals surface area contributed by atoms with E-state index in [0.717, 1.165) is 32.3 Å². The lowest BCUT2D eigenvalue weighted by atomic mass is 10.0. The molecule has 0 radical (unpaired) electrons. The van der Waals surface area contributed by atoms with Gasteiger partial charge in [-0.1, -0.05) is 46.0 Å². The van der Waals surface area contributed by atoms with Crippen molar-refractivity contribution in [2.45, 2.75) is 84.0 Å². The van der Waals surface area contributed by atoms with Crippen LogP contribution in [0, 0.1) is 5.92 Å². The minimum Gasteiger partial charge on any atom is -0.396 e. The van der Waals surface area contributed by atoms with E-state index in [9.17, 15) is 0 Å². The van der Waals surface area contributed by atoms with Gasteiger partial charge in [0.15, 0.2) is 5.79 Å². The maximum atomic E-state index is 8.74. The van der Waals surface area contributed by atoms with Gasteiger partial charge in [0.25, 0.3) is 0 Å². The van der Waals surface area contributed by atoms with Crippen LogP contribution in [0.25, 0.3) is 0 Å². The molecule has 114 valence electrons. The Morgan fingerprint density at radius 3 is 2.63 bits per heavy atom. The van der Waals surface area contributed by atoms with Gasteiger partial charge in [-0.05, 0) is 32.1 Å². The van der Waals surface area contributed by atoms with Gasteiger partial charge in [-0.3, -0.25) is 0 Å². The fourth-order valence-corrected chi connectivity index (χ4v) is 2.50. The lowest BCUT2D eigenvalue weighted by Crippen LogP contribution is -2.20. The average Bonchev–Trinajstić information content (AvgIpc) is 3.06. The molecule has 1 fully saturated rings. The second kappa shape index (κ2) is 8.93. The van der Waals surface area contributed by atoms with Gasteiger partial charge in [0.1, 0.15) is 6.10 Å². The molecule has 3 nitrogen and oxygen atoms in total. The summed E-state index contributed by atoms with van der Waals surface area (Å²) in [6.45, 7) is 7.68. The van der Waals surface area contributed by atoms with Crippen molar-refractivity contribution >= 4 is 0 Å². The summed E-state index contributed by atoms with van der Waals surface area (Å²) in [6.07, 6.45) is 9.46. The molecule has 0 aromatic heterocycles. The minimum atomic E-state index is -0.321. The van der Waals surface area contributed by atoms with Crippen LogP contribution in [0.4, 0.5) is 0 Å². The molecule has 1 heterocycles. The molecular formula is C16H32O3. The van der Waals surface area contributed by atoms with Crippen molar-refractivity contribution in [1.29, 1.82) is 0 Å². The zero-order valence-electron chi connectivity index (χ0n) is 13.0. The quantitative estimate of drug-likeness (QED) is 0.433. The Morgan fingerprint density at radius 2 is 2.00 bits per heavy atom. The summed E-state index contributed by atoms with van der Waals surface area (Å²) in [5.41, 5.74) is 0. The summed E-state index contributed by atoms with van der Waals surface area (Å²) in [4.78, 5) is 0. The van der Waals surface area contributed by atoms with Crippen LogP contribution >= 0.6 is 0 Å². The van der Waals surface area contributed by atoms with E-state index in [4.69, 9.17) is 14.6 Å². The molecule has 19 heavy (non-hydrogen) atoms. The molecular weight excluding hydrogens is 240 g/mol. The zero-order valence-corrected chi connectivity index (χ0v) is 13.0. The highest BCUT2D eigenvalue weighted by Gasteiger charge is 2.53. The monoisotopic (exact) mass is 272 g/mol. The van der Waals surface area contributed by atoms with Crippen LogP contribution in [0.5, 0.6) is 0 Å². The van der Waals surface area contributed by atoms with Crippen LogP contribution in [0.3, 0.4) is 0 Å². The number of aliphatic hydroxyl groups excluding tert-OH is 1. The van der Waals surface area contributed by atoms with Gasteiger partial charge in [0, 0.05) is 6.61 Å². The van der Waals surface area contributed by atoms with Gasteiger partial charge in [0.2, 0.25) is 0 Å². The van der Waals surface area contributed by atoms with Gasteiger partial charge in [0.05, 0.1) is 6.61 Å². The van der Waals surface area contributed by atoms with Crippen LogP contribution in [0.2, 0.25) is 0 Å². The molecule has 0 amide bonds. The van der Waals surface area contributed by atoms with Gasteiger partial charge in [-0.2, -0.15) is 0 Å². The van der Waals surface area contributed by atoms with Crippen molar-refractivity contribution in [2.24, 2.45) is 5.92 Å². The van der Waals surface area contributed by atoms with Gasteiger partial charge < -0.3 is 14.6 Å². The fourth-order valence-electron chi connectivity index (χ4n) is 2.50. The second-order valence-electron chi connectivity index (χ2n) is 5.92. The van der Waals surface area contributed by atoms with Crippen LogP contribution < -0.4 is 0 Å². The molecule has 0 spiro atoms. The van der Waals surface area contributed by atoms with Gasteiger partial charge in [-0.25, -0.2) is 0 Å². The first-order valence-electron chi connectivity index (χ1n) is 8.08. The lowest BCUT2D eigenvalue weighted by Gasteiger charge is -2.17. The predicted molar refractivity (Wildman–Crippen MR) is 78.1 cm³/mol. The summed E-state index contributed by atoms with van der Waals surface area (Å²) in [7, 11) is 0. The molecule has 0 saturated carbocycles. The van der Waals surface area contributed by atoms with Crippen molar-refractivity contribution in [3.63, 3.8) is 0 Å². The maximum Gasteiger partial charge on any atom is 0.192 e. The third-order valence-corrected chi connectivity index (χ3v) is 4.18. The minimum absolute atomic E-state index is 0.273. The largest absolute Gasteiger partial charge is 0.396 e. The molecule has 3 atom stereocenters. The molecule has 0 aromatic carbocycles. The third kappa shape index (κ3) is 6.24. The normalized spacial score (nSPS) is 27.5.